The van der Waals surface area contributed by atoms with E-state index in [1.54, 1.807) is 11.9 Å². The Balaban J connectivity index is 2.35. The van der Waals surface area contributed by atoms with Crippen molar-refractivity contribution < 1.29 is 9.90 Å². The van der Waals surface area contributed by atoms with Crippen LogP contribution in [0.5, 0.6) is 0 Å². The van der Waals surface area contributed by atoms with Gasteiger partial charge in [-0.15, -0.1) is 0 Å². The fourth-order valence-corrected chi connectivity index (χ4v) is 2.27. The largest absolute Gasteiger partial charge is 0.376 e. The Morgan fingerprint density at radius 2 is 2.12 bits per heavy atom. The molecule has 0 bridgehead atoms. The molecule has 3 N–H and O–H groups in total. The molecule has 1 amide bonds. The number of aliphatic hydroxyl groups excluding tert-OH is 1. The number of carbonyl (C=O) groups excluding carboxylic acids is 1. The Kier molecular flexibility index (Phi) is 6.30. The van der Waals surface area contributed by atoms with E-state index in [9.17, 15) is 9.90 Å². The van der Waals surface area contributed by atoms with Crippen molar-refractivity contribution in [2.45, 2.75) is 64.0 Å². The zero-order valence-electron chi connectivity index (χ0n) is 10.9. The van der Waals surface area contributed by atoms with Gasteiger partial charge in [0.05, 0.1) is 6.04 Å². The lowest BCUT2D eigenvalue weighted by Gasteiger charge is -2.25. The molecule has 1 aliphatic rings. The van der Waals surface area contributed by atoms with Crippen LogP contribution in [-0.2, 0) is 4.79 Å². The zero-order valence-corrected chi connectivity index (χ0v) is 11.7. The summed E-state index contributed by atoms with van der Waals surface area (Å²) in [5, 5.41) is 13.5. The number of hydrogen-bond donors (Lipinski definition) is 3. The molecule has 0 aromatic heterocycles. The summed E-state index contributed by atoms with van der Waals surface area (Å²) < 4.78 is 3.03. The third-order valence-corrected chi connectivity index (χ3v) is 3.89. The van der Waals surface area contributed by atoms with E-state index in [2.05, 4.69) is 17.0 Å². The molecule has 100 valence electrons. The van der Waals surface area contributed by atoms with Crippen molar-refractivity contribution in [3.8, 4) is 0 Å². The van der Waals surface area contributed by atoms with Crippen LogP contribution in [0, 0.1) is 5.92 Å². The summed E-state index contributed by atoms with van der Waals surface area (Å²) in [5.74, 6) is -0.0432. The van der Waals surface area contributed by atoms with Gasteiger partial charge in [0.1, 0.15) is 6.23 Å². The molecule has 5 heteroatoms. The van der Waals surface area contributed by atoms with Gasteiger partial charge in [-0.3, -0.25) is 4.79 Å². The second kappa shape index (κ2) is 7.24. The Bertz CT molecular complexity index is 245. The monoisotopic (exact) mass is 260 g/mol. The van der Waals surface area contributed by atoms with E-state index in [1.165, 1.54) is 12.8 Å². The smallest absolute Gasteiger partial charge is 0.222 e. The number of hydrogen-bond acceptors (Lipinski definition) is 4. The second-order valence-electron chi connectivity index (χ2n) is 4.94. The molecule has 0 spiro atoms. The summed E-state index contributed by atoms with van der Waals surface area (Å²) in [6.45, 7) is 5.77. The van der Waals surface area contributed by atoms with Gasteiger partial charge in [0.25, 0.3) is 0 Å². The Morgan fingerprint density at radius 1 is 1.47 bits per heavy atom. The van der Waals surface area contributed by atoms with Gasteiger partial charge in [0.2, 0.25) is 5.91 Å². The highest BCUT2D eigenvalue weighted by atomic mass is 32.2. The van der Waals surface area contributed by atoms with Crippen LogP contribution in [0.2, 0.25) is 0 Å². The van der Waals surface area contributed by atoms with Crippen molar-refractivity contribution in [3.05, 3.63) is 0 Å². The highest BCUT2D eigenvalue weighted by molar-refractivity contribution is 7.98. The molecule has 0 heterocycles. The molecule has 1 fully saturated rings. The van der Waals surface area contributed by atoms with Crippen molar-refractivity contribution >= 4 is 17.9 Å². The molecule has 1 saturated carbocycles. The SMILES string of the molecule is CCCC(NC(=O)C(C)C)C(O)NSC1CC1. The molecule has 0 saturated heterocycles. The van der Waals surface area contributed by atoms with Crippen LogP contribution >= 0.6 is 11.9 Å². The lowest BCUT2D eigenvalue weighted by atomic mass is 10.1. The molecule has 0 aromatic carbocycles. The first kappa shape index (κ1) is 14.8. The van der Waals surface area contributed by atoms with E-state index in [4.69, 9.17) is 0 Å². The molecule has 0 aromatic rings. The quantitative estimate of drug-likeness (QED) is 0.459. The molecule has 4 nitrogen and oxygen atoms in total. The van der Waals surface area contributed by atoms with Gasteiger partial charge in [0.15, 0.2) is 0 Å². The molecule has 17 heavy (non-hydrogen) atoms. The van der Waals surface area contributed by atoms with Gasteiger partial charge >= 0.3 is 0 Å². The fraction of sp³-hybridized carbons (Fsp3) is 0.917. The van der Waals surface area contributed by atoms with E-state index < -0.39 is 6.23 Å². The summed E-state index contributed by atoms with van der Waals surface area (Å²) in [6, 6.07) is -0.193. The Labute approximate surface area is 108 Å². The third kappa shape index (κ3) is 5.75. The van der Waals surface area contributed by atoms with Crippen LogP contribution in [-0.4, -0.2) is 28.5 Å². The minimum atomic E-state index is -0.664. The maximum atomic E-state index is 11.6. The van der Waals surface area contributed by atoms with Gasteiger partial charge < -0.3 is 10.4 Å². The first-order valence-electron chi connectivity index (χ1n) is 6.44. The van der Waals surface area contributed by atoms with E-state index in [1.807, 2.05) is 13.8 Å². The Morgan fingerprint density at radius 3 is 2.59 bits per heavy atom. The maximum absolute atomic E-state index is 11.6. The Hall–Kier alpha value is -0.260. The number of carbonyl (C=O) groups is 1. The van der Waals surface area contributed by atoms with E-state index >= 15 is 0 Å². The number of nitrogens with one attached hydrogen (secondary N) is 2. The summed E-state index contributed by atoms with van der Waals surface area (Å²) in [5.41, 5.74) is 0. The number of aliphatic hydroxyl groups is 1. The zero-order chi connectivity index (χ0) is 12.8. The molecule has 0 radical (unpaired) electrons. The molecule has 1 rings (SSSR count). The van der Waals surface area contributed by atoms with Crippen LogP contribution < -0.4 is 10.0 Å². The normalized spacial score (nSPS) is 19.1. The van der Waals surface area contributed by atoms with E-state index in [0.717, 1.165) is 12.8 Å². The predicted octanol–water partition coefficient (Wildman–Crippen LogP) is 1.65. The van der Waals surface area contributed by atoms with Crippen molar-refractivity contribution in [2.75, 3.05) is 0 Å². The molecule has 0 aliphatic heterocycles. The van der Waals surface area contributed by atoms with E-state index in [0.29, 0.717) is 5.25 Å². The highest BCUT2D eigenvalue weighted by Gasteiger charge is 2.26. The van der Waals surface area contributed by atoms with Crippen LogP contribution in [0.15, 0.2) is 0 Å². The van der Waals surface area contributed by atoms with E-state index in [-0.39, 0.29) is 17.9 Å². The predicted molar refractivity (Wildman–Crippen MR) is 71.4 cm³/mol. The third-order valence-electron chi connectivity index (χ3n) is 2.71. The van der Waals surface area contributed by atoms with Crippen molar-refractivity contribution in [2.24, 2.45) is 5.92 Å². The van der Waals surface area contributed by atoms with Gasteiger partial charge in [-0.2, -0.15) is 0 Å². The maximum Gasteiger partial charge on any atom is 0.222 e. The summed E-state index contributed by atoms with van der Waals surface area (Å²) in [4.78, 5) is 11.6. The molecule has 2 atom stereocenters. The average Bonchev–Trinajstić information content (AvgIpc) is 3.08. The highest BCUT2D eigenvalue weighted by Crippen LogP contribution is 2.32. The molecule has 1 aliphatic carbocycles. The average molecular weight is 260 g/mol. The van der Waals surface area contributed by atoms with Crippen LogP contribution in [0.1, 0.15) is 46.5 Å². The van der Waals surface area contributed by atoms with Crippen molar-refractivity contribution in [1.29, 1.82) is 0 Å². The number of amides is 1. The fourth-order valence-electron chi connectivity index (χ4n) is 1.40. The lowest BCUT2D eigenvalue weighted by molar-refractivity contribution is -0.125. The minimum absolute atomic E-state index is 0.000668. The topological polar surface area (TPSA) is 61.4 Å². The molecular formula is C12H24N2O2S. The van der Waals surface area contributed by atoms with Crippen LogP contribution in [0.3, 0.4) is 0 Å². The van der Waals surface area contributed by atoms with Gasteiger partial charge in [-0.25, -0.2) is 4.72 Å². The van der Waals surface area contributed by atoms with Crippen molar-refractivity contribution in [1.82, 2.24) is 10.0 Å². The summed E-state index contributed by atoms with van der Waals surface area (Å²) in [6.07, 6.45) is 3.51. The molecule has 2 unspecified atom stereocenters. The second-order valence-corrected chi connectivity index (χ2v) is 6.08. The van der Waals surface area contributed by atoms with Gasteiger partial charge in [-0.1, -0.05) is 39.1 Å². The van der Waals surface area contributed by atoms with Crippen LogP contribution in [0.4, 0.5) is 0 Å². The van der Waals surface area contributed by atoms with Gasteiger partial charge in [-0.05, 0) is 19.3 Å². The summed E-state index contributed by atoms with van der Waals surface area (Å²) in [7, 11) is 0. The first-order chi connectivity index (χ1) is 8.04. The molecular weight excluding hydrogens is 236 g/mol. The summed E-state index contributed by atoms with van der Waals surface area (Å²) >= 11 is 1.59. The minimum Gasteiger partial charge on any atom is -0.376 e. The number of rotatable bonds is 8. The standard InChI is InChI=1S/C12H24N2O2S/c1-4-5-10(13-11(15)8(2)3)12(16)14-17-9-6-7-9/h8-10,12,14,16H,4-7H2,1-3H3,(H,13,15). The van der Waals surface area contributed by atoms with Crippen molar-refractivity contribution in [3.63, 3.8) is 0 Å². The van der Waals surface area contributed by atoms with Gasteiger partial charge in [0, 0.05) is 11.2 Å². The first-order valence-corrected chi connectivity index (χ1v) is 7.32. The van der Waals surface area contributed by atoms with Crippen LogP contribution in [0.25, 0.3) is 0 Å². The lowest BCUT2D eigenvalue weighted by Crippen LogP contribution is -2.49.